The molecule has 1 N–H and O–H groups in total. The van der Waals surface area contributed by atoms with Crippen molar-refractivity contribution in [2.45, 2.75) is 38.8 Å². The van der Waals surface area contributed by atoms with Crippen LogP contribution in [0.5, 0.6) is 0 Å². The van der Waals surface area contributed by atoms with Crippen molar-refractivity contribution < 1.29 is 14.3 Å². The third-order valence-corrected chi connectivity index (χ3v) is 3.25. The number of halogens is 1. The number of rotatable bonds is 6. The third-order valence-electron chi connectivity index (χ3n) is 3.25. The van der Waals surface area contributed by atoms with Gasteiger partial charge in [0.25, 0.3) is 0 Å². The molecule has 2 rings (SSSR count). The van der Waals surface area contributed by atoms with Gasteiger partial charge < -0.3 is 5.11 Å². The van der Waals surface area contributed by atoms with Crippen LogP contribution in [0.15, 0.2) is 18.2 Å². The van der Waals surface area contributed by atoms with Crippen molar-refractivity contribution in [2.75, 3.05) is 6.54 Å². The van der Waals surface area contributed by atoms with Gasteiger partial charge in [0.2, 0.25) is 0 Å². The first-order valence-electron chi connectivity index (χ1n) is 6.37. The van der Waals surface area contributed by atoms with Crippen molar-refractivity contribution in [3.63, 3.8) is 0 Å². The molecule has 18 heavy (non-hydrogen) atoms. The van der Waals surface area contributed by atoms with Crippen LogP contribution in [-0.4, -0.2) is 28.6 Å². The highest BCUT2D eigenvalue weighted by Gasteiger charge is 2.29. The largest absolute Gasteiger partial charge is 0.478 e. The fourth-order valence-electron chi connectivity index (χ4n) is 2.22. The van der Waals surface area contributed by atoms with Crippen LogP contribution < -0.4 is 0 Å². The summed E-state index contributed by atoms with van der Waals surface area (Å²) in [6.45, 7) is 3.67. The second kappa shape index (κ2) is 5.48. The van der Waals surface area contributed by atoms with Crippen LogP contribution in [-0.2, 0) is 6.54 Å². The number of hydrogen-bond donors (Lipinski definition) is 1. The van der Waals surface area contributed by atoms with E-state index in [0.29, 0.717) is 18.2 Å². The Morgan fingerprint density at radius 3 is 2.78 bits per heavy atom. The van der Waals surface area contributed by atoms with Gasteiger partial charge in [0.1, 0.15) is 5.82 Å². The Kier molecular flexibility index (Phi) is 3.97. The molecule has 0 spiro atoms. The van der Waals surface area contributed by atoms with E-state index in [-0.39, 0.29) is 5.56 Å². The van der Waals surface area contributed by atoms with Crippen molar-refractivity contribution in [1.29, 1.82) is 0 Å². The number of carbonyl (C=O) groups is 1. The van der Waals surface area contributed by atoms with Gasteiger partial charge in [-0.3, -0.25) is 4.90 Å². The number of benzene rings is 1. The van der Waals surface area contributed by atoms with E-state index >= 15 is 0 Å². The zero-order chi connectivity index (χ0) is 13.1. The Balaban J connectivity index is 2.18. The molecule has 0 heterocycles. The summed E-state index contributed by atoms with van der Waals surface area (Å²) in [5.74, 6) is -1.55. The van der Waals surface area contributed by atoms with E-state index in [2.05, 4.69) is 11.8 Å². The molecule has 3 nitrogen and oxygen atoms in total. The van der Waals surface area contributed by atoms with Crippen LogP contribution in [0.1, 0.15) is 42.1 Å². The van der Waals surface area contributed by atoms with Crippen molar-refractivity contribution in [2.24, 2.45) is 0 Å². The van der Waals surface area contributed by atoms with E-state index in [9.17, 15) is 9.18 Å². The Bertz CT molecular complexity index is 443. The van der Waals surface area contributed by atoms with Crippen LogP contribution in [0.2, 0.25) is 0 Å². The minimum absolute atomic E-state index is 0.0803. The van der Waals surface area contributed by atoms with Crippen molar-refractivity contribution in [3.8, 4) is 0 Å². The average Bonchev–Trinajstić information content (AvgIpc) is 3.14. The topological polar surface area (TPSA) is 40.5 Å². The van der Waals surface area contributed by atoms with Crippen LogP contribution in [0.3, 0.4) is 0 Å². The summed E-state index contributed by atoms with van der Waals surface area (Å²) in [4.78, 5) is 13.4. The van der Waals surface area contributed by atoms with Crippen LogP contribution in [0, 0.1) is 5.82 Å². The molecule has 1 fully saturated rings. The van der Waals surface area contributed by atoms with Gasteiger partial charge in [-0.15, -0.1) is 0 Å². The molecule has 0 radical (unpaired) electrons. The van der Waals surface area contributed by atoms with E-state index in [1.807, 2.05) is 0 Å². The molecule has 0 aliphatic heterocycles. The summed E-state index contributed by atoms with van der Waals surface area (Å²) in [6, 6.07) is 4.61. The minimum Gasteiger partial charge on any atom is -0.478 e. The standard InChI is InChI=1S/C14H18FNO2/c1-2-7-16(12-5-6-12)9-10-3-4-11(15)8-13(10)14(17)18/h3-4,8,12H,2,5-7,9H2,1H3,(H,17,18). The van der Waals surface area contributed by atoms with Gasteiger partial charge in [0, 0.05) is 12.6 Å². The Hall–Kier alpha value is -1.42. The number of nitrogens with zero attached hydrogens (tertiary/aromatic N) is 1. The van der Waals surface area contributed by atoms with E-state index < -0.39 is 11.8 Å². The van der Waals surface area contributed by atoms with Crippen molar-refractivity contribution >= 4 is 5.97 Å². The summed E-state index contributed by atoms with van der Waals surface area (Å²) in [6.07, 6.45) is 3.41. The number of carboxylic acids is 1. The fourth-order valence-corrected chi connectivity index (χ4v) is 2.22. The monoisotopic (exact) mass is 251 g/mol. The average molecular weight is 251 g/mol. The molecule has 0 saturated heterocycles. The highest BCUT2D eigenvalue weighted by atomic mass is 19.1. The van der Waals surface area contributed by atoms with E-state index in [4.69, 9.17) is 5.11 Å². The lowest BCUT2D eigenvalue weighted by atomic mass is 10.1. The predicted molar refractivity (Wildman–Crippen MR) is 67.1 cm³/mol. The molecule has 98 valence electrons. The molecule has 1 aromatic carbocycles. The Morgan fingerprint density at radius 1 is 1.50 bits per heavy atom. The quantitative estimate of drug-likeness (QED) is 0.845. The second-order valence-electron chi connectivity index (χ2n) is 4.81. The molecule has 0 aromatic heterocycles. The first-order chi connectivity index (χ1) is 8.61. The maximum absolute atomic E-state index is 13.1. The lowest BCUT2D eigenvalue weighted by Gasteiger charge is -2.22. The predicted octanol–water partition coefficient (Wildman–Crippen LogP) is 2.90. The molecule has 0 unspecified atom stereocenters. The first-order valence-corrected chi connectivity index (χ1v) is 6.37. The number of carboxylic acid groups (broad SMARTS) is 1. The Morgan fingerprint density at radius 2 is 2.22 bits per heavy atom. The summed E-state index contributed by atoms with van der Waals surface area (Å²) in [5, 5.41) is 9.10. The van der Waals surface area contributed by atoms with E-state index in [0.717, 1.165) is 19.0 Å². The smallest absolute Gasteiger partial charge is 0.336 e. The van der Waals surface area contributed by atoms with Crippen LogP contribution in [0.25, 0.3) is 0 Å². The van der Waals surface area contributed by atoms with Gasteiger partial charge >= 0.3 is 5.97 Å². The molecule has 1 aromatic rings. The molecule has 1 aliphatic rings. The van der Waals surface area contributed by atoms with Crippen molar-refractivity contribution in [1.82, 2.24) is 4.90 Å². The summed E-state index contributed by atoms with van der Waals surface area (Å²) in [7, 11) is 0. The molecular formula is C14H18FNO2. The number of hydrogen-bond acceptors (Lipinski definition) is 2. The number of aromatic carboxylic acids is 1. The lowest BCUT2D eigenvalue weighted by Crippen LogP contribution is -2.27. The molecule has 0 bridgehead atoms. The van der Waals surface area contributed by atoms with Crippen molar-refractivity contribution in [3.05, 3.63) is 35.1 Å². The SMILES string of the molecule is CCCN(Cc1ccc(F)cc1C(=O)O)C1CC1. The van der Waals surface area contributed by atoms with E-state index in [1.54, 1.807) is 6.07 Å². The van der Waals surface area contributed by atoms with E-state index in [1.165, 1.54) is 18.9 Å². The van der Waals surface area contributed by atoms with Gasteiger partial charge in [-0.25, -0.2) is 9.18 Å². The van der Waals surface area contributed by atoms with Gasteiger partial charge in [0.15, 0.2) is 0 Å². The molecule has 1 aliphatic carbocycles. The summed E-state index contributed by atoms with van der Waals surface area (Å²) in [5.41, 5.74) is 0.779. The third kappa shape index (κ3) is 3.07. The molecule has 4 heteroatoms. The van der Waals surface area contributed by atoms with Gasteiger partial charge in [-0.2, -0.15) is 0 Å². The van der Waals surface area contributed by atoms with Gasteiger partial charge in [0.05, 0.1) is 5.56 Å². The zero-order valence-corrected chi connectivity index (χ0v) is 10.5. The molecule has 0 atom stereocenters. The summed E-state index contributed by atoms with van der Waals surface area (Å²) < 4.78 is 13.1. The maximum Gasteiger partial charge on any atom is 0.336 e. The fraction of sp³-hybridized carbons (Fsp3) is 0.500. The van der Waals surface area contributed by atoms with Crippen LogP contribution in [0.4, 0.5) is 4.39 Å². The summed E-state index contributed by atoms with van der Waals surface area (Å²) >= 11 is 0. The molecule has 1 saturated carbocycles. The first kappa shape index (κ1) is 13.0. The molecular weight excluding hydrogens is 233 g/mol. The second-order valence-corrected chi connectivity index (χ2v) is 4.81. The maximum atomic E-state index is 13.1. The lowest BCUT2D eigenvalue weighted by molar-refractivity contribution is 0.0693. The van der Waals surface area contributed by atoms with Crippen LogP contribution >= 0.6 is 0 Å². The Labute approximate surface area is 106 Å². The normalized spacial score (nSPS) is 15.1. The highest BCUT2D eigenvalue weighted by Crippen LogP contribution is 2.29. The highest BCUT2D eigenvalue weighted by molar-refractivity contribution is 5.89. The molecule has 0 amide bonds. The van der Waals surface area contributed by atoms with Gasteiger partial charge in [-0.05, 0) is 43.5 Å². The zero-order valence-electron chi connectivity index (χ0n) is 10.5. The van der Waals surface area contributed by atoms with Gasteiger partial charge in [-0.1, -0.05) is 13.0 Å². The minimum atomic E-state index is -1.06.